The third kappa shape index (κ3) is 4.23. The zero-order chi connectivity index (χ0) is 17.9. The van der Waals surface area contributed by atoms with Gasteiger partial charge in [0.05, 0.1) is 5.02 Å². The zero-order valence-corrected chi connectivity index (χ0v) is 13.7. The number of hydrogen-bond acceptors (Lipinski definition) is 4. The number of carbonyl (C=O) groups excluding carboxylic acids is 2. The number of phenols is 1. The Balaban J connectivity index is 2.02. The molecule has 0 aliphatic carbocycles. The van der Waals surface area contributed by atoms with Gasteiger partial charge in [-0.25, -0.2) is 9.18 Å². The van der Waals surface area contributed by atoms with E-state index < -0.39 is 23.8 Å². The van der Waals surface area contributed by atoms with E-state index in [1.165, 1.54) is 31.2 Å². The van der Waals surface area contributed by atoms with E-state index in [1.807, 2.05) is 0 Å². The van der Waals surface area contributed by atoms with Gasteiger partial charge >= 0.3 is 5.97 Å². The molecule has 1 atom stereocenters. The van der Waals surface area contributed by atoms with Gasteiger partial charge in [0.15, 0.2) is 6.10 Å². The third-order valence-corrected chi connectivity index (χ3v) is 3.50. The Morgan fingerprint density at radius 1 is 1.25 bits per heavy atom. The van der Waals surface area contributed by atoms with Crippen molar-refractivity contribution in [1.82, 2.24) is 0 Å². The summed E-state index contributed by atoms with van der Waals surface area (Å²) < 4.78 is 18.1. The van der Waals surface area contributed by atoms with Crippen LogP contribution < -0.4 is 5.32 Å². The van der Waals surface area contributed by atoms with Crippen LogP contribution in [0.2, 0.25) is 5.02 Å². The van der Waals surface area contributed by atoms with Gasteiger partial charge in [-0.3, -0.25) is 4.79 Å². The fourth-order valence-corrected chi connectivity index (χ4v) is 2.09. The van der Waals surface area contributed by atoms with Crippen molar-refractivity contribution in [3.05, 3.63) is 58.4 Å². The second-order valence-electron chi connectivity index (χ2n) is 5.19. The number of ether oxygens (including phenoxy) is 1. The number of carbonyl (C=O) groups is 2. The number of halogens is 2. The summed E-state index contributed by atoms with van der Waals surface area (Å²) in [6, 6.07) is 8.16. The minimum atomic E-state index is -1.12. The van der Waals surface area contributed by atoms with Crippen LogP contribution in [0.5, 0.6) is 5.75 Å². The van der Waals surface area contributed by atoms with Crippen LogP contribution in [-0.2, 0) is 9.53 Å². The van der Waals surface area contributed by atoms with Gasteiger partial charge < -0.3 is 15.2 Å². The van der Waals surface area contributed by atoms with Gasteiger partial charge in [0.2, 0.25) is 0 Å². The number of hydrogen-bond donors (Lipinski definition) is 2. The van der Waals surface area contributed by atoms with Crippen LogP contribution in [0.4, 0.5) is 10.1 Å². The average molecular weight is 352 g/mol. The number of esters is 1. The van der Waals surface area contributed by atoms with Crippen molar-refractivity contribution in [3.8, 4) is 5.75 Å². The Bertz CT molecular complexity index is 794. The topological polar surface area (TPSA) is 75.6 Å². The Kier molecular flexibility index (Phi) is 5.41. The Morgan fingerprint density at radius 2 is 1.96 bits per heavy atom. The largest absolute Gasteiger partial charge is 0.507 e. The lowest BCUT2D eigenvalue weighted by atomic mass is 10.1. The summed E-state index contributed by atoms with van der Waals surface area (Å²) in [5.41, 5.74) is 1.01. The highest BCUT2D eigenvalue weighted by Crippen LogP contribution is 2.21. The number of amides is 1. The predicted molar refractivity (Wildman–Crippen MR) is 87.8 cm³/mol. The van der Waals surface area contributed by atoms with E-state index >= 15 is 0 Å². The fraction of sp³-hybridized carbons (Fsp3) is 0.176. The first-order chi connectivity index (χ1) is 11.3. The Morgan fingerprint density at radius 3 is 2.58 bits per heavy atom. The number of rotatable bonds is 4. The maximum absolute atomic E-state index is 13.1. The first kappa shape index (κ1) is 17.7. The normalized spacial score (nSPS) is 11.7. The molecule has 0 unspecified atom stereocenters. The van der Waals surface area contributed by atoms with Gasteiger partial charge in [-0.2, -0.15) is 0 Å². The number of aromatic hydroxyl groups is 1. The molecule has 0 spiro atoms. The molecule has 2 rings (SSSR count). The molecule has 2 aromatic rings. The molecule has 5 nitrogen and oxygen atoms in total. The van der Waals surface area contributed by atoms with Crippen LogP contribution >= 0.6 is 11.6 Å². The maximum Gasteiger partial charge on any atom is 0.342 e. The SMILES string of the molecule is Cc1ccc(C(=O)O[C@@H](C)C(=O)Nc2ccc(F)c(Cl)c2)c(O)c1. The highest BCUT2D eigenvalue weighted by atomic mass is 35.5. The standard InChI is InChI=1S/C17H15ClFNO4/c1-9-3-5-12(15(21)7-9)17(23)24-10(2)16(22)20-11-4-6-14(19)13(18)8-11/h3-8,10,21H,1-2H3,(H,20,22)/t10-/m0/s1. The summed E-state index contributed by atoms with van der Waals surface area (Å²) in [5, 5.41) is 12.1. The molecule has 1 amide bonds. The number of benzene rings is 2. The van der Waals surface area contributed by atoms with Crippen LogP contribution in [0.1, 0.15) is 22.8 Å². The van der Waals surface area contributed by atoms with Crippen molar-refractivity contribution >= 4 is 29.2 Å². The third-order valence-electron chi connectivity index (χ3n) is 3.21. The predicted octanol–water partition coefficient (Wildman–Crippen LogP) is 3.68. The first-order valence-corrected chi connectivity index (χ1v) is 7.42. The van der Waals surface area contributed by atoms with E-state index in [-0.39, 0.29) is 22.0 Å². The molecule has 0 bridgehead atoms. The molecule has 0 heterocycles. The summed E-state index contributed by atoms with van der Waals surface area (Å²) in [6.45, 7) is 3.14. The van der Waals surface area contributed by atoms with Crippen LogP contribution in [0, 0.1) is 12.7 Å². The summed E-state index contributed by atoms with van der Waals surface area (Å²) in [7, 11) is 0. The lowest BCUT2D eigenvalue weighted by Gasteiger charge is -2.14. The van der Waals surface area contributed by atoms with Crippen LogP contribution in [0.15, 0.2) is 36.4 Å². The van der Waals surface area contributed by atoms with Gasteiger partial charge in [0, 0.05) is 5.69 Å². The van der Waals surface area contributed by atoms with Gasteiger partial charge in [0.25, 0.3) is 5.91 Å². The first-order valence-electron chi connectivity index (χ1n) is 7.04. The summed E-state index contributed by atoms with van der Waals surface area (Å²) in [4.78, 5) is 24.0. The minimum absolute atomic E-state index is 0.0370. The van der Waals surface area contributed by atoms with Crippen molar-refractivity contribution < 1.29 is 23.8 Å². The van der Waals surface area contributed by atoms with E-state index in [4.69, 9.17) is 16.3 Å². The van der Waals surface area contributed by atoms with Crippen LogP contribution in [-0.4, -0.2) is 23.1 Å². The molecular weight excluding hydrogens is 337 g/mol. The van der Waals surface area contributed by atoms with Gasteiger partial charge in [-0.15, -0.1) is 0 Å². The lowest BCUT2D eigenvalue weighted by molar-refractivity contribution is -0.123. The van der Waals surface area contributed by atoms with Gasteiger partial charge in [-0.1, -0.05) is 17.7 Å². The summed E-state index contributed by atoms with van der Waals surface area (Å²) in [6.07, 6.45) is -1.12. The molecule has 0 aliphatic rings. The number of phenolic OH excluding ortho intramolecular Hbond substituents is 1. The Hall–Kier alpha value is -2.60. The second-order valence-corrected chi connectivity index (χ2v) is 5.59. The lowest BCUT2D eigenvalue weighted by Crippen LogP contribution is -2.30. The van der Waals surface area contributed by atoms with Crippen molar-refractivity contribution in [2.24, 2.45) is 0 Å². The minimum Gasteiger partial charge on any atom is -0.507 e. The van der Waals surface area contributed by atoms with Crippen LogP contribution in [0.3, 0.4) is 0 Å². The number of nitrogens with one attached hydrogen (secondary N) is 1. The molecular formula is C17H15ClFNO4. The van der Waals surface area contributed by atoms with Crippen molar-refractivity contribution in [3.63, 3.8) is 0 Å². The van der Waals surface area contributed by atoms with Crippen molar-refractivity contribution in [2.45, 2.75) is 20.0 Å². The van der Waals surface area contributed by atoms with E-state index in [9.17, 15) is 19.1 Å². The molecule has 0 fully saturated rings. The Labute approximate surface area is 143 Å². The van der Waals surface area contributed by atoms with E-state index in [0.717, 1.165) is 11.6 Å². The summed E-state index contributed by atoms with van der Waals surface area (Å²) >= 11 is 5.63. The quantitative estimate of drug-likeness (QED) is 0.824. The molecule has 0 saturated carbocycles. The van der Waals surface area contributed by atoms with Gasteiger partial charge in [-0.05, 0) is 49.7 Å². The van der Waals surface area contributed by atoms with E-state index in [2.05, 4.69) is 5.32 Å². The van der Waals surface area contributed by atoms with E-state index in [1.54, 1.807) is 13.0 Å². The molecule has 2 N–H and O–H groups in total. The maximum atomic E-state index is 13.1. The number of aryl methyl sites for hydroxylation is 1. The molecule has 0 radical (unpaired) electrons. The molecule has 0 aromatic heterocycles. The smallest absolute Gasteiger partial charge is 0.342 e. The molecule has 0 saturated heterocycles. The zero-order valence-electron chi connectivity index (χ0n) is 13.0. The number of anilines is 1. The van der Waals surface area contributed by atoms with Gasteiger partial charge in [0.1, 0.15) is 17.1 Å². The molecule has 24 heavy (non-hydrogen) atoms. The summed E-state index contributed by atoms with van der Waals surface area (Å²) in [5.74, 6) is -2.27. The monoisotopic (exact) mass is 351 g/mol. The molecule has 7 heteroatoms. The second kappa shape index (κ2) is 7.31. The molecule has 2 aromatic carbocycles. The average Bonchev–Trinajstić information content (AvgIpc) is 2.50. The fourth-order valence-electron chi connectivity index (χ4n) is 1.91. The van der Waals surface area contributed by atoms with E-state index in [0.29, 0.717) is 0 Å². The van der Waals surface area contributed by atoms with Crippen LogP contribution in [0.25, 0.3) is 0 Å². The van der Waals surface area contributed by atoms with Crippen molar-refractivity contribution in [1.29, 1.82) is 0 Å². The highest BCUT2D eigenvalue weighted by molar-refractivity contribution is 6.31. The molecule has 0 aliphatic heterocycles. The van der Waals surface area contributed by atoms with Crippen molar-refractivity contribution in [2.75, 3.05) is 5.32 Å². The molecule has 126 valence electrons. The highest BCUT2D eigenvalue weighted by Gasteiger charge is 2.21.